The summed E-state index contributed by atoms with van der Waals surface area (Å²) in [6, 6.07) is 5.14. The number of anilines is 1. The van der Waals surface area contributed by atoms with Gasteiger partial charge in [-0.15, -0.1) is 0 Å². The number of halogens is 1. The largest absolute Gasteiger partial charge is 0.396 e. The number of aliphatic hydroxyl groups excluding tert-OH is 1. The van der Waals surface area contributed by atoms with Crippen LogP contribution in [-0.2, 0) is 0 Å². The number of aliphatic hydroxyl groups is 1. The summed E-state index contributed by atoms with van der Waals surface area (Å²) < 4.78 is 14.7. The minimum absolute atomic E-state index is 0.0899. The molecule has 0 bridgehead atoms. The van der Waals surface area contributed by atoms with Crippen LogP contribution >= 0.6 is 0 Å². The zero-order valence-electron chi connectivity index (χ0n) is 15.8. The van der Waals surface area contributed by atoms with Crippen molar-refractivity contribution in [3.8, 4) is 0 Å². The Labute approximate surface area is 153 Å². The molecule has 6 nitrogen and oxygen atoms in total. The highest BCUT2D eigenvalue weighted by Gasteiger charge is 2.22. The number of nitrogens with one attached hydrogen (secondary N) is 1. The lowest BCUT2D eigenvalue weighted by atomic mass is 10.0. The van der Waals surface area contributed by atoms with E-state index >= 15 is 0 Å². The summed E-state index contributed by atoms with van der Waals surface area (Å²) in [6.45, 7) is 3.34. The van der Waals surface area contributed by atoms with Gasteiger partial charge in [0.1, 0.15) is 11.5 Å². The average molecular weight is 359 g/mol. The zero-order chi connectivity index (χ0) is 19.1. The minimum atomic E-state index is -0.301. The van der Waals surface area contributed by atoms with Gasteiger partial charge in [-0.2, -0.15) is 0 Å². The van der Waals surface area contributed by atoms with E-state index in [1.165, 1.54) is 6.07 Å². The predicted octanol–water partition coefficient (Wildman–Crippen LogP) is 2.15. The molecule has 1 aromatic rings. The van der Waals surface area contributed by atoms with E-state index in [0.29, 0.717) is 48.0 Å². The van der Waals surface area contributed by atoms with Gasteiger partial charge in [0.25, 0.3) is 0 Å². The topological polar surface area (TPSA) is 72.6 Å². The Balaban J connectivity index is 2.38. The van der Waals surface area contributed by atoms with Crippen LogP contribution in [0.2, 0.25) is 0 Å². The fraction of sp³-hybridized carbons (Fsp3) is 0.421. The number of hydrogen-bond donors (Lipinski definition) is 2. The van der Waals surface area contributed by atoms with Gasteiger partial charge in [0, 0.05) is 52.1 Å². The van der Waals surface area contributed by atoms with Crippen LogP contribution < -0.4 is 10.2 Å². The Morgan fingerprint density at radius 3 is 2.46 bits per heavy atom. The second kappa shape index (κ2) is 9.24. The van der Waals surface area contributed by atoms with Gasteiger partial charge in [-0.25, -0.2) is 4.39 Å². The molecule has 0 aliphatic carbocycles. The molecule has 0 saturated heterocycles. The normalized spacial score (nSPS) is 19.0. The fourth-order valence-electron chi connectivity index (χ4n) is 2.90. The molecule has 2 N–H and O–H groups in total. The lowest BCUT2D eigenvalue weighted by Gasteiger charge is -2.25. The van der Waals surface area contributed by atoms with Gasteiger partial charge in [-0.1, -0.05) is 6.07 Å². The molecule has 0 radical (unpaired) electrons. The van der Waals surface area contributed by atoms with Gasteiger partial charge in [-0.3, -0.25) is 15.0 Å². The Hall–Kier alpha value is -2.54. The van der Waals surface area contributed by atoms with Crippen molar-refractivity contribution in [3.05, 3.63) is 35.7 Å². The Kier molecular flexibility index (Phi) is 7.03. The van der Waals surface area contributed by atoms with Gasteiger partial charge in [0.15, 0.2) is 5.84 Å². The van der Waals surface area contributed by atoms with Crippen molar-refractivity contribution in [2.45, 2.75) is 13.3 Å². The van der Waals surface area contributed by atoms with Crippen molar-refractivity contribution in [2.75, 3.05) is 45.7 Å². The molecule has 1 heterocycles. The first-order valence-electron chi connectivity index (χ1n) is 8.65. The van der Waals surface area contributed by atoms with Crippen LogP contribution in [0.15, 0.2) is 39.3 Å². The van der Waals surface area contributed by atoms with Crippen LogP contribution in [0, 0.1) is 5.82 Å². The van der Waals surface area contributed by atoms with Crippen molar-refractivity contribution in [2.24, 2.45) is 15.0 Å². The maximum absolute atomic E-state index is 14.7. The summed E-state index contributed by atoms with van der Waals surface area (Å²) in [7, 11) is 5.05. The first-order valence-corrected chi connectivity index (χ1v) is 8.65. The first kappa shape index (κ1) is 19.8. The molecule has 7 heteroatoms. The van der Waals surface area contributed by atoms with Gasteiger partial charge in [0.05, 0.1) is 11.4 Å². The third kappa shape index (κ3) is 4.16. The summed E-state index contributed by atoms with van der Waals surface area (Å²) in [5.74, 6) is 0.304. The van der Waals surface area contributed by atoms with E-state index in [4.69, 9.17) is 5.11 Å². The van der Waals surface area contributed by atoms with E-state index in [1.807, 2.05) is 24.0 Å². The first-order chi connectivity index (χ1) is 12.6. The predicted molar refractivity (Wildman–Crippen MR) is 107 cm³/mol. The van der Waals surface area contributed by atoms with E-state index in [1.54, 1.807) is 27.2 Å². The van der Waals surface area contributed by atoms with Crippen LogP contribution in [0.4, 0.5) is 10.1 Å². The molecule has 0 atom stereocenters. The lowest BCUT2D eigenvalue weighted by Crippen LogP contribution is -2.39. The van der Waals surface area contributed by atoms with Crippen molar-refractivity contribution >= 4 is 28.6 Å². The molecule has 26 heavy (non-hydrogen) atoms. The fourth-order valence-corrected chi connectivity index (χ4v) is 2.90. The minimum Gasteiger partial charge on any atom is -0.396 e. The van der Waals surface area contributed by atoms with Gasteiger partial charge in [-0.05, 0) is 31.6 Å². The molecule has 0 unspecified atom stereocenters. The maximum atomic E-state index is 14.7. The van der Waals surface area contributed by atoms with Crippen LogP contribution in [0.5, 0.6) is 0 Å². The van der Waals surface area contributed by atoms with Crippen LogP contribution in [0.3, 0.4) is 0 Å². The standard InChI is InChI=1S/C19H26FN5O/c1-5-25(9-6-10-26)17-8-7-13(11-14(17)20)15-12-16(21-2)18(22-3)19(23-4)24-15/h7-8,11-12,26H,5-6,9-10H2,1-4H3,(H,23,24). The average Bonchev–Trinajstić information content (AvgIpc) is 2.68. The van der Waals surface area contributed by atoms with Crippen molar-refractivity contribution in [1.82, 2.24) is 5.32 Å². The van der Waals surface area contributed by atoms with Crippen LogP contribution in [0.1, 0.15) is 18.9 Å². The highest BCUT2D eigenvalue weighted by atomic mass is 19.1. The highest BCUT2D eigenvalue weighted by Crippen LogP contribution is 2.24. The smallest absolute Gasteiger partial charge is 0.153 e. The molecule has 0 aromatic heterocycles. The molecule has 1 aliphatic heterocycles. The van der Waals surface area contributed by atoms with E-state index in [-0.39, 0.29) is 12.4 Å². The van der Waals surface area contributed by atoms with Crippen molar-refractivity contribution in [1.29, 1.82) is 0 Å². The zero-order valence-corrected chi connectivity index (χ0v) is 15.8. The molecule has 2 rings (SSSR count). The monoisotopic (exact) mass is 359 g/mol. The number of rotatable bonds is 6. The van der Waals surface area contributed by atoms with E-state index in [9.17, 15) is 4.39 Å². The second-order valence-electron chi connectivity index (χ2n) is 5.76. The third-order valence-electron chi connectivity index (χ3n) is 4.26. The molecular formula is C19H26FN5O. The number of aliphatic imine (C=N–C) groups is 3. The molecule has 1 aliphatic rings. The molecule has 0 amide bonds. The van der Waals surface area contributed by atoms with Crippen LogP contribution in [0.25, 0.3) is 5.70 Å². The Bertz CT molecular complexity index is 767. The molecule has 1 aromatic carbocycles. The second-order valence-corrected chi connectivity index (χ2v) is 5.76. The summed E-state index contributed by atoms with van der Waals surface area (Å²) >= 11 is 0. The Morgan fingerprint density at radius 1 is 1.15 bits per heavy atom. The quantitative estimate of drug-likeness (QED) is 0.817. The number of amidine groups is 1. The van der Waals surface area contributed by atoms with Crippen LogP contribution in [-0.4, -0.2) is 63.2 Å². The SMILES string of the molecule is CCN(CCCO)c1ccc(C2=CC(=NC)C(=NC)C(=NC)N2)cc1F. The Morgan fingerprint density at radius 2 is 1.92 bits per heavy atom. The van der Waals surface area contributed by atoms with E-state index in [0.717, 1.165) is 5.70 Å². The van der Waals surface area contributed by atoms with Gasteiger partial charge in [0.2, 0.25) is 0 Å². The van der Waals surface area contributed by atoms with Crippen molar-refractivity contribution in [3.63, 3.8) is 0 Å². The van der Waals surface area contributed by atoms with E-state index < -0.39 is 0 Å². The number of allylic oxidation sites excluding steroid dienone is 1. The molecular weight excluding hydrogens is 333 g/mol. The van der Waals surface area contributed by atoms with Gasteiger partial charge >= 0.3 is 0 Å². The summed E-state index contributed by atoms with van der Waals surface area (Å²) in [5, 5.41) is 12.2. The number of hydrogen-bond acceptors (Lipinski definition) is 5. The summed E-state index contributed by atoms with van der Waals surface area (Å²) in [5.41, 5.74) is 3.34. The molecule has 0 fully saturated rings. The summed E-state index contributed by atoms with van der Waals surface area (Å²) in [6.07, 6.45) is 2.45. The number of nitrogens with zero attached hydrogens (tertiary/aromatic N) is 4. The van der Waals surface area contributed by atoms with Crippen molar-refractivity contribution < 1.29 is 9.50 Å². The maximum Gasteiger partial charge on any atom is 0.153 e. The van der Waals surface area contributed by atoms with E-state index in [2.05, 4.69) is 20.3 Å². The third-order valence-corrected chi connectivity index (χ3v) is 4.26. The molecule has 140 valence electrons. The lowest BCUT2D eigenvalue weighted by molar-refractivity contribution is 0.289. The number of benzene rings is 1. The molecule has 0 saturated carbocycles. The summed E-state index contributed by atoms with van der Waals surface area (Å²) in [4.78, 5) is 14.6. The highest BCUT2D eigenvalue weighted by molar-refractivity contribution is 6.72. The van der Waals surface area contributed by atoms with Gasteiger partial charge < -0.3 is 15.3 Å². The molecule has 0 spiro atoms.